The molecule has 1 nitrogen and oxygen atoms in total. The van der Waals surface area contributed by atoms with Crippen LogP contribution in [-0.2, 0) is 23.7 Å². The molecule has 3 heteroatoms. The third-order valence-corrected chi connectivity index (χ3v) is 6.29. The fourth-order valence-corrected chi connectivity index (χ4v) is 4.39. The second kappa shape index (κ2) is 11.4. The maximum atomic E-state index is 14.5. The summed E-state index contributed by atoms with van der Waals surface area (Å²) in [7, 11) is 0. The van der Waals surface area contributed by atoms with E-state index in [1.807, 2.05) is 42.5 Å². The minimum atomic E-state index is -3.27. The van der Waals surface area contributed by atoms with Crippen molar-refractivity contribution >= 4 is 0 Å². The first-order valence-corrected chi connectivity index (χ1v) is 11.5. The largest absolute Gasteiger partial charge is 0.383 e. The third kappa shape index (κ3) is 6.87. The highest BCUT2D eigenvalue weighted by Gasteiger charge is 2.33. The Balaban J connectivity index is 1.49. The second-order valence-corrected chi connectivity index (χ2v) is 8.52. The predicted molar refractivity (Wildman–Crippen MR) is 124 cm³/mol. The van der Waals surface area contributed by atoms with Crippen molar-refractivity contribution in [2.45, 2.75) is 63.9 Å². The number of hydrogen-bond donors (Lipinski definition) is 0. The van der Waals surface area contributed by atoms with Gasteiger partial charge in [0.1, 0.15) is 0 Å². The average Bonchev–Trinajstić information content (AvgIpc) is 2.79. The molecule has 0 atom stereocenters. The highest BCUT2D eigenvalue weighted by atomic mass is 19.3. The Morgan fingerprint density at radius 2 is 1.55 bits per heavy atom. The van der Waals surface area contributed by atoms with Crippen LogP contribution in [0, 0.1) is 5.92 Å². The van der Waals surface area contributed by atoms with Crippen molar-refractivity contribution < 1.29 is 13.5 Å². The number of hydrogen-bond acceptors (Lipinski definition) is 1. The van der Waals surface area contributed by atoms with E-state index in [1.165, 1.54) is 30.5 Å². The topological polar surface area (TPSA) is 9.23 Å². The van der Waals surface area contributed by atoms with Crippen molar-refractivity contribution in [3.8, 4) is 0 Å². The molecule has 0 N–H and O–H groups in total. The molecule has 31 heavy (non-hydrogen) atoms. The van der Waals surface area contributed by atoms with E-state index in [0.717, 1.165) is 36.8 Å². The van der Waals surface area contributed by atoms with Crippen molar-refractivity contribution in [1.29, 1.82) is 0 Å². The van der Waals surface area contributed by atoms with E-state index in [9.17, 15) is 8.78 Å². The normalized spacial score (nSPS) is 19.6. The van der Waals surface area contributed by atoms with Gasteiger partial charge < -0.3 is 4.74 Å². The van der Waals surface area contributed by atoms with Crippen LogP contribution in [0.15, 0.2) is 73.3 Å². The summed E-state index contributed by atoms with van der Waals surface area (Å²) in [5.41, 5.74) is 3.32. The summed E-state index contributed by atoms with van der Waals surface area (Å²) in [6.07, 6.45) is 9.97. The zero-order chi connectivity index (χ0) is 22.1. The van der Waals surface area contributed by atoms with Gasteiger partial charge in [-0.2, -0.15) is 8.78 Å². The number of benzene rings is 2. The molecule has 0 amide bonds. The molecule has 166 valence electrons. The van der Waals surface area contributed by atoms with Crippen LogP contribution in [-0.4, -0.2) is 6.61 Å². The molecule has 1 fully saturated rings. The number of alkyl halides is 2. The van der Waals surface area contributed by atoms with Gasteiger partial charge in [-0.05, 0) is 80.4 Å². The minimum Gasteiger partial charge on any atom is -0.316 e. The standard InChI is InChI=1S/C28H34F2O/c1-3-5-7-23-8-10-24(11-9-23)20-21-31-28(29,30)27-18-16-26(17-19-27)25-14-12-22(6-4-2)13-15-25/h3-4,6,8-11,16-19,22,25H,1,5,7,12-15,20-21H2,2H3. The van der Waals surface area contributed by atoms with Gasteiger partial charge in [-0.15, -0.1) is 6.58 Å². The highest BCUT2D eigenvalue weighted by Crippen LogP contribution is 2.37. The van der Waals surface area contributed by atoms with E-state index in [0.29, 0.717) is 18.3 Å². The fourth-order valence-electron chi connectivity index (χ4n) is 4.39. The molecule has 1 aliphatic carbocycles. The van der Waals surface area contributed by atoms with Crippen LogP contribution in [0.3, 0.4) is 0 Å². The van der Waals surface area contributed by atoms with Crippen LogP contribution < -0.4 is 0 Å². The SMILES string of the molecule is C=CCCc1ccc(CCOC(F)(F)c2ccc(C3CCC(C=CC)CC3)cc2)cc1. The maximum Gasteiger partial charge on any atom is 0.383 e. The zero-order valence-corrected chi connectivity index (χ0v) is 18.5. The van der Waals surface area contributed by atoms with Gasteiger partial charge >= 0.3 is 6.11 Å². The molecule has 2 aromatic rings. The molecule has 3 rings (SSSR count). The van der Waals surface area contributed by atoms with Gasteiger partial charge in [0.25, 0.3) is 0 Å². The molecule has 0 aromatic heterocycles. The summed E-state index contributed by atoms with van der Waals surface area (Å²) >= 11 is 0. The molecule has 0 heterocycles. The Labute approximate surface area is 185 Å². The van der Waals surface area contributed by atoms with Gasteiger partial charge in [-0.1, -0.05) is 66.8 Å². The quantitative estimate of drug-likeness (QED) is 0.351. The lowest BCUT2D eigenvalue weighted by atomic mass is 9.78. The van der Waals surface area contributed by atoms with Gasteiger partial charge in [-0.3, -0.25) is 0 Å². The molecule has 0 spiro atoms. The molecule has 1 aliphatic rings. The number of halogens is 2. The average molecular weight is 425 g/mol. The smallest absolute Gasteiger partial charge is 0.316 e. The van der Waals surface area contributed by atoms with Crippen molar-refractivity contribution in [3.63, 3.8) is 0 Å². The van der Waals surface area contributed by atoms with E-state index in [-0.39, 0.29) is 12.2 Å². The lowest BCUT2D eigenvalue weighted by Gasteiger charge is -2.27. The Morgan fingerprint density at radius 3 is 2.13 bits per heavy atom. The van der Waals surface area contributed by atoms with Crippen LogP contribution in [0.25, 0.3) is 0 Å². The lowest BCUT2D eigenvalue weighted by molar-refractivity contribution is -0.248. The molecule has 0 radical (unpaired) electrons. The van der Waals surface area contributed by atoms with Gasteiger partial charge in [0.05, 0.1) is 12.2 Å². The number of rotatable bonds is 10. The van der Waals surface area contributed by atoms with E-state index in [2.05, 4.69) is 25.7 Å². The monoisotopic (exact) mass is 424 g/mol. The molecule has 1 saturated carbocycles. The summed E-state index contributed by atoms with van der Waals surface area (Å²) in [6, 6.07) is 14.8. The molecular formula is C28H34F2O. The van der Waals surface area contributed by atoms with Crippen molar-refractivity contribution in [2.24, 2.45) is 5.92 Å². The maximum absolute atomic E-state index is 14.5. The van der Waals surface area contributed by atoms with Gasteiger partial charge in [-0.25, -0.2) is 0 Å². The van der Waals surface area contributed by atoms with E-state index in [4.69, 9.17) is 4.74 Å². The second-order valence-electron chi connectivity index (χ2n) is 8.52. The number of aryl methyl sites for hydroxylation is 1. The predicted octanol–water partition coefficient (Wildman–Crippen LogP) is 7.96. The van der Waals surface area contributed by atoms with E-state index < -0.39 is 6.11 Å². The van der Waals surface area contributed by atoms with Crippen LogP contribution in [0.5, 0.6) is 0 Å². The third-order valence-electron chi connectivity index (χ3n) is 6.29. The van der Waals surface area contributed by atoms with E-state index >= 15 is 0 Å². The van der Waals surface area contributed by atoms with Crippen molar-refractivity contribution in [2.75, 3.05) is 6.61 Å². The number of allylic oxidation sites excluding steroid dienone is 3. The summed E-state index contributed by atoms with van der Waals surface area (Å²) in [4.78, 5) is 0. The first kappa shape index (κ1) is 23.4. The van der Waals surface area contributed by atoms with Crippen molar-refractivity contribution in [1.82, 2.24) is 0 Å². The van der Waals surface area contributed by atoms with Gasteiger partial charge in [0.2, 0.25) is 0 Å². The fraction of sp³-hybridized carbons (Fsp3) is 0.429. The molecular weight excluding hydrogens is 390 g/mol. The molecule has 0 aliphatic heterocycles. The molecule has 0 bridgehead atoms. The van der Waals surface area contributed by atoms with E-state index in [1.54, 1.807) is 0 Å². The van der Waals surface area contributed by atoms with Crippen molar-refractivity contribution in [3.05, 3.63) is 95.6 Å². The van der Waals surface area contributed by atoms with Crippen LogP contribution in [0.4, 0.5) is 8.78 Å². The molecule has 0 unspecified atom stereocenters. The number of ether oxygens (including phenoxy) is 1. The molecule has 0 saturated heterocycles. The Morgan fingerprint density at radius 1 is 0.935 bits per heavy atom. The Kier molecular flexibility index (Phi) is 8.60. The van der Waals surface area contributed by atoms with Crippen LogP contribution >= 0.6 is 0 Å². The summed E-state index contributed by atoms with van der Waals surface area (Å²) in [6.45, 7) is 5.77. The first-order chi connectivity index (χ1) is 15.0. The summed E-state index contributed by atoms with van der Waals surface area (Å²) in [5.74, 6) is 1.14. The van der Waals surface area contributed by atoms with Crippen LogP contribution in [0.1, 0.15) is 67.2 Å². The summed E-state index contributed by atoms with van der Waals surface area (Å²) in [5, 5.41) is 0. The Bertz CT molecular complexity index is 828. The summed E-state index contributed by atoms with van der Waals surface area (Å²) < 4.78 is 34.1. The first-order valence-electron chi connectivity index (χ1n) is 11.5. The molecule has 2 aromatic carbocycles. The van der Waals surface area contributed by atoms with Gasteiger partial charge in [0, 0.05) is 0 Å². The zero-order valence-electron chi connectivity index (χ0n) is 18.5. The minimum absolute atomic E-state index is 0.0181. The Hall–Kier alpha value is -2.26. The lowest BCUT2D eigenvalue weighted by Crippen LogP contribution is -2.20. The van der Waals surface area contributed by atoms with Gasteiger partial charge in [0.15, 0.2) is 0 Å². The van der Waals surface area contributed by atoms with Crippen LogP contribution in [0.2, 0.25) is 0 Å². The highest BCUT2D eigenvalue weighted by molar-refractivity contribution is 5.28.